The first-order chi connectivity index (χ1) is 10.8. The van der Waals surface area contributed by atoms with Crippen LogP contribution >= 0.6 is 0 Å². The molecule has 0 radical (unpaired) electrons. The smallest absolute Gasteiger partial charge is 0.231 e. The number of aromatic nitrogens is 2. The molecular formula is C18H14N2O2. The van der Waals surface area contributed by atoms with Gasteiger partial charge in [-0.2, -0.15) is 0 Å². The molecule has 4 nitrogen and oxygen atoms in total. The fourth-order valence-electron chi connectivity index (χ4n) is 2.49. The standard InChI is InChI=1S/C18H14N2O2/c1-12-9-15(14-7-8-16-17(10-14)22-11-21-16)20-18(19-12)13-5-3-2-4-6-13/h2-10H,11H2,1H3. The summed E-state index contributed by atoms with van der Waals surface area (Å²) in [7, 11) is 0. The van der Waals surface area contributed by atoms with Crippen molar-refractivity contribution in [2.24, 2.45) is 0 Å². The third-order valence-electron chi connectivity index (χ3n) is 3.55. The number of nitrogens with zero attached hydrogens (tertiary/aromatic N) is 2. The summed E-state index contributed by atoms with van der Waals surface area (Å²) in [4.78, 5) is 9.23. The summed E-state index contributed by atoms with van der Waals surface area (Å²) in [5.41, 5.74) is 3.81. The van der Waals surface area contributed by atoms with Crippen LogP contribution in [0.1, 0.15) is 5.69 Å². The zero-order valence-electron chi connectivity index (χ0n) is 12.1. The molecule has 0 aliphatic carbocycles. The summed E-state index contributed by atoms with van der Waals surface area (Å²) < 4.78 is 10.8. The van der Waals surface area contributed by atoms with E-state index < -0.39 is 0 Å². The molecule has 4 rings (SSSR count). The molecule has 0 saturated heterocycles. The Labute approximate surface area is 128 Å². The Morgan fingerprint density at radius 1 is 0.818 bits per heavy atom. The summed E-state index contributed by atoms with van der Waals surface area (Å²) in [5.74, 6) is 2.26. The van der Waals surface area contributed by atoms with Crippen molar-refractivity contribution in [2.45, 2.75) is 6.92 Å². The quantitative estimate of drug-likeness (QED) is 0.719. The van der Waals surface area contributed by atoms with Crippen LogP contribution in [0.4, 0.5) is 0 Å². The molecular weight excluding hydrogens is 276 g/mol. The van der Waals surface area contributed by atoms with Crippen molar-refractivity contribution in [3.05, 3.63) is 60.3 Å². The second-order valence-electron chi connectivity index (χ2n) is 5.15. The van der Waals surface area contributed by atoms with E-state index in [9.17, 15) is 0 Å². The van der Waals surface area contributed by atoms with E-state index in [4.69, 9.17) is 14.5 Å². The van der Waals surface area contributed by atoms with Crippen LogP contribution in [0.25, 0.3) is 22.6 Å². The molecule has 0 unspecified atom stereocenters. The normalized spacial score (nSPS) is 12.4. The zero-order chi connectivity index (χ0) is 14.9. The maximum absolute atomic E-state index is 5.44. The Morgan fingerprint density at radius 3 is 2.50 bits per heavy atom. The van der Waals surface area contributed by atoms with Gasteiger partial charge >= 0.3 is 0 Å². The first kappa shape index (κ1) is 12.8. The zero-order valence-corrected chi connectivity index (χ0v) is 12.1. The molecule has 0 spiro atoms. The van der Waals surface area contributed by atoms with Crippen molar-refractivity contribution in [1.29, 1.82) is 0 Å². The van der Waals surface area contributed by atoms with Gasteiger partial charge in [-0.25, -0.2) is 9.97 Å². The van der Waals surface area contributed by atoms with Crippen molar-refractivity contribution < 1.29 is 9.47 Å². The van der Waals surface area contributed by atoms with E-state index in [1.807, 2.05) is 61.5 Å². The molecule has 1 aliphatic rings. The van der Waals surface area contributed by atoms with Gasteiger partial charge in [-0.1, -0.05) is 30.3 Å². The molecule has 108 valence electrons. The van der Waals surface area contributed by atoms with Crippen LogP contribution in [0.5, 0.6) is 11.5 Å². The molecule has 3 aromatic rings. The van der Waals surface area contributed by atoms with E-state index in [1.165, 1.54) is 0 Å². The minimum atomic E-state index is 0.275. The molecule has 22 heavy (non-hydrogen) atoms. The molecule has 0 fully saturated rings. The second kappa shape index (κ2) is 5.15. The summed E-state index contributed by atoms with van der Waals surface area (Å²) in [5, 5.41) is 0. The third-order valence-corrected chi connectivity index (χ3v) is 3.55. The van der Waals surface area contributed by atoms with Crippen LogP contribution < -0.4 is 9.47 Å². The van der Waals surface area contributed by atoms with E-state index in [2.05, 4.69) is 4.98 Å². The Kier molecular flexibility index (Phi) is 3.00. The lowest BCUT2D eigenvalue weighted by Crippen LogP contribution is -1.95. The van der Waals surface area contributed by atoms with Gasteiger partial charge in [0.25, 0.3) is 0 Å². The van der Waals surface area contributed by atoms with Crippen LogP contribution in [0, 0.1) is 6.92 Å². The average Bonchev–Trinajstić information content (AvgIpc) is 3.02. The molecule has 0 N–H and O–H groups in total. The molecule has 2 heterocycles. The minimum absolute atomic E-state index is 0.275. The van der Waals surface area contributed by atoms with E-state index in [0.29, 0.717) is 0 Å². The van der Waals surface area contributed by atoms with Crippen LogP contribution in [-0.2, 0) is 0 Å². The Morgan fingerprint density at radius 2 is 1.64 bits per heavy atom. The van der Waals surface area contributed by atoms with Crippen LogP contribution in [0.3, 0.4) is 0 Å². The molecule has 1 aromatic heterocycles. The number of benzene rings is 2. The Balaban J connectivity index is 1.81. The van der Waals surface area contributed by atoms with Crippen LogP contribution in [0.2, 0.25) is 0 Å². The lowest BCUT2D eigenvalue weighted by atomic mass is 10.1. The number of fused-ring (bicyclic) bond motifs is 1. The number of hydrogen-bond acceptors (Lipinski definition) is 4. The van der Waals surface area contributed by atoms with Gasteiger partial charge in [-0.05, 0) is 31.2 Å². The number of aryl methyl sites for hydroxylation is 1. The predicted molar refractivity (Wildman–Crippen MR) is 83.8 cm³/mol. The Bertz CT molecular complexity index is 832. The fraction of sp³-hybridized carbons (Fsp3) is 0.111. The van der Waals surface area contributed by atoms with Gasteiger partial charge in [0.05, 0.1) is 5.69 Å². The molecule has 1 aliphatic heterocycles. The first-order valence-corrected chi connectivity index (χ1v) is 7.11. The summed E-state index contributed by atoms with van der Waals surface area (Å²) >= 11 is 0. The number of ether oxygens (including phenoxy) is 2. The monoisotopic (exact) mass is 290 g/mol. The highest BCUT2D eigenvalue weighted by molar-refractivity contribution is 5.67. The first-order valence-electron chi connectivity index (χ1n) is 7.11. The van der Waals surface area contributed by atoms with Gasteiger partial charge in [0.15, 0.2) is 17.3 Å². The van der Waals surface area contributed by atoms with Crippen molar-refractivity contribution in [3.63, 3.8) is 0 Å². The van der Waals surface area contributed by atoms with Gasteiger partial charge in [0.1, 0.15) is 0 Å². The number of rotatable bonds is 2. The van der Waals surface area contributed by atoms with E-state index in [1.54, 1.807) is 0 Å². The van der Waals surface area contributed by atoms with E-state index >= 15 is 0 Å². The summed E-state index contributed by atoms with van der Waals surface area (Å²) in [6.07, 6.45) is 0. The lowest BCUT2D eigenvalue weighted by molar-refractivity contribution is 0.174. The molecule has 0 atom stereocenters. The minimum Gasteiger partial charge on any atom is -0.454 e. The van der Waals surface area contributed by atoms with Gasteiger partial charge in [0, 0.05) is 16.8 Å². The summed E-state index contributed by atoms with van der Waals surface area (Å²) in [6, 6.07) is 17.8. The van der Waals surface area contributed by atoms with Gasteiger partial charge in [0.2, 0.25) is 6.79 Å². The lowest BCUT2D eigenvalue weighted by Gasteiger charge is -2.07. The third kappa shape index (κ3) is 2.29. The molecule has 0 saturated carbocycles. The van der Waals surface area contributed by atoms with Crippen molar-refractivity contribution in [1.82, 2.24) is 9.97 Å². The van der Waals surface area contributed by atoms with Gasteiger partial charge in [-0.15, -0.1) is 0 Å². The SMILES string of the molecule is Cc1cc(-c2ccc3c(c2)OCO3)nc(-c2ccccc2)n1. The van der Waals surface area contributed by atoms with E-state index in [-0.39, 0.29) is 6.79 Å². The largest absolute Gasteiger partial charge is 0.454 e. The molecule has 2 aromatic carbocycles. The van der Waals surface area contributed by atoms with Gasteiger partial charge < -0.3 is 9.47 Å². The van der Waals surface area contributed by atoms with Crippen molar-refractivity contribution >= 4 is 0 Å². The molecule has 4 heteroatoms. The molecule has 0 amide bonds. The summed E-state index contributed by atoms with van der Waals surface area (Å²) in [6.45, 7) is 2.25. The fourth-order valence-corrected chi connectivity index (χ4v) is 2.49. The Hall–Kier alpha value is -2.88. The average molecular weight is 290 g/mol. The predicted octanol–water partition coefficient (Wildman–Crippen LogP) is 3.85. The van der Waals surface area contributed by atoms with E-state index in [0.717, 1.165) is 39.8 Å². The second-order valence-corrected chi connectivity index (χ2v) is 5.15. The number of hydrogen-bond donors (Lipinski definition) is 0. The van der Waals surface area contributed by atoms with Crippen molar-refractivity contribution in [3.8, 4) is 34.1 Å². The topological polar surface area (TPSA) is 44.2 Å². The van der Waals surface area contributed by atoms with Crippen LogP contribution in [0.15, 0.2) is 54.6 Å². The highest BCUT2D eigenvalue weighted by atomic mass is 16.7. The van der Waals surface area contributed by atoms with Crippen molar-refractivity contribution in [2.75, 3.05) is 6.79 Å². The maximum Gasteiger partial charge on any atom is 0.231 e. The maximum atomic E-state index is 5.44. The highest BCUT2D eigenvalue weighted by Crippen LogP contribution is 2.35. The highest BCUT2D eigenvalue weighted by Gasteiger charge is 2.15. The molecule has 0 bridgehead atoms. The van der Waals surface area contributed by atoms with Crippen LogP contribution in [-0.4, -0.2) is 16.8 Å². The van der Waals surface area contributed by atoms with Gasteiger partial charge in [-0.3, -0.25) is 0 Å².